The second-order valence-corrected chi connectivity index (χ2v) is 3.78. The van der Waals surface area contributed by atoms with Crippen molar-refractivity contribution in [3.63, 3.8) is 0 Å². The number of nitrogens with one attached hydrogen (secondary N) is 1. The molecule has 16 heavy (non-hydrogen) atoms. The van der Waals surface area contributed by atoms with Gasteiger partial charge in [-0.05, 0) is 24.5 Å². The van der Waals surface area contributed by atoms with E-state index < -0.39 is 5.91 Å². The number of hydrogen-bond donors (Lipinski definition) is 1. The molecule has 1 rings (SSSR count). The fraction of sp³-hybridized carbons (Fsp3) is 0.385. The van der Waals surface area contributed by atoms with E-state index in [1.807, 2.05) is 38.1 Å². The average Bonchev–Trinajstić information content (AvgIpc) is 2.28. The number of ketones is 1. The minimum Gasteiger partial charge on any atom is -0.350 e. The number of carbonyl (C=O) groups excluding carboxylic acids is 2. The van der Waals surface area contributed by atoms with Crippen LogP contribution >= 0.6 is 0 Å². The summed E-state index contributed by atoms with van der Waals surface area (Å²) in [6.45, 7) is 4.44. The lowest BCUT2D eigenvalue weighted by Crippen LogP contribution is -2.32. The molecule has 0 heterocycles. The van der Waals surface area contributed by atoms with E-state index in [1.54, 1.807) is 0 Å². The van der Waals surface area contributed by atoms with Crippen LogP contribution in [-0.2, 0) is 16.0 Å². The van der Waals surface area contributed by atoms with Gasteiger partial charge in [-0.2, -0.15) is 0 Å². The van der Waals surface area contributed by atoms with Crippen molar-refractivity contribution in [1.29, 1.82) is 0 Å². The van der Waals surface area contributed by atoms with Crippen LogP contribution in [0, 0.1) is 6.92 Å². The molecule has 0 aliphatic heterocycles. The molecule has 0 aliphatic carbocycles. The first kappa shape index (κ1) is 12.4. The Morgan fingerprint density at radius 3 is 2.56 bits per heavy atom. The molecule has 3 heteroatoms. The number of amides is 1. The zero-order chi connectivity index (χ0) is 12.0. The van der Waals surface area contributed by atoms with Gasteiger partial charge in [0.1, 0.15) is 0 Å². The lowest BCUT2D eigenvalue weighted by atomic mass is 10.0. The SMILES string of the molecule is CCCNC(=O)C(=O)Cc1ccccc1C. The fourth-order valence-corrected chi connectivity index (χ4v) is 1.40. The summed E-state index contributed by atoms with van der Waals surface area (Å²) in [7, 11) is 0. The predicted octanol–water partition coefficient (Wildman–Crippen LogP) is 1.63. The molecule has 0 saturated heterocycles. The number of hydrogen-bond acceptors (Lipinski definition) is 2. The van der Waals surface area contributed by atoms with E-state index in [2.05, 4.69) is 5.32 Å². The Bertz CT molecular complexity index is 385. The highest BCUT2D eigenvalue weighted by Gasteiger charge is 2.13. The minimum atomic E-state index is -0.481. The molecule has 0 spiro atoms. The number of Topliss-reactive ketones (excluding diaryl/α,β-unsaturated/α-hetero) is 1. The van der Waals surface area contributed by atoms with Gasteiger partial charge in [0.25, 0.3) is 5.91 Å². The Morgan fingerprint density at radius 2 is 1.94 bits per heavy atom. The summed E-state index contributed by atoms with van der Waals surface area (Å²) < 4.78 is 0. The van der Waals surface area contributed by atoms with E-state index in [4.69, 9.17) is 0 Å². The standard InChI is InChI=1S/C13H17NO2/c1-3-8-14-13(16)12(15)9-11-7-5-4-6-10(11)2/h4-7H,3,8-9H2,1-2H3,(H,14,16). The third kappa shape index (κ3) is 3.50. The topological polar surface area (TPSA) is 46.2 Å². The van der Waals surface area contributed by atoms with Gasteiger partial charge < -0.3 is 5.32 Å². The van der Waals surface area contributed by atoms with Crippen LogP contribution < -0.4 is 5.32 Å². The molecule has 1 amide bonds. The van der Waals surface area contributed by atoms with Gasteiger partial charge in [-0.1, -0.05) is 31.2 Å². The van der Waals surface area contributed by atoms with Gasteiger partial charge in [0, 0.05) is 13.0 Å². The average molecular weight is 219 g/mol. The molecule has 0 radical (unpaired) electrons. The van der Waals surface area contributed by atoms with E-state index in [0.717, 1.165) is 17.5 Å². The van der Waals surface area contributed by atoms with Gasteiger partial charge in [-0.3, -0.25) is 9.59 Å². The summed E-state index contributed by atoms with van der Waals surface area (Å²) in [6, 6.07) is 7.60. The van der Waals surface area contributed by atoms with Crippen LogP contribution in [0.4, 0.5) is 0 Å². The zero-order valence-corrected chi connectivity index (χ0v) is 9.75. The van der Waals surface area contributed by atoms with E-state index in [1.165, 1.54) is 0 Å². The van der Waals surface area contributed by atoms with E-state index in [-0.39, 0.29) is 12.2 Å². The Hall–Kier alpha value is -1.64. The Morgan fingerprint density at radius 1 is 1.25 bits per heavy atom. The van der Waals surface area contributed by atoms with Gasteiger partial charge >= 0.3 is 0 Å². The predicted molar refractivity (Wildman–Crippen MR) is 63.2 cm³/mol. The molecule has 0 saturated carbocycles. The molecule has 0 aliphatic rings. The Balaban J connectivity index is 2.58. The summed E-state index contributed by atoms with van der Waals surface area (Å²) in [5, 5.41) is 2.58. The van der Waals surface area contributed by atoms with Gasteiger partial charge in [0.15, 0.2) is 0 Å². The maximum Gasteiger partial charge on any atom is 0.287 e. The van der Waals surface area contributed by atoms with Crippen LogP contribution in [0.2, 0.25) is 0 Å². The first-order chi connectivity index (χ1) is 7.65. The van der Waals surface area contributed by atoms with Crippen molar-refractivity contribution in [3.05, 3.63) is 35.4 Å². The van der Waals surface area contributed by atoms with Gasteiger partial charge in [0.2, 0.25) is 5.78 Å². The van der Waals surface area contributed by atoms with Gasteiger partial charge in [-0.15, -0.1) is 0 Å². The molecule has 1 aromatic carbocycles. The Labute approximate surface area is 95.9 Å². The van der Waals surface area contributed by atoms with Crippen LogP contribution in [0.3, 0.4) is 0 Å². The van der Waals surface area contributed by atoms with Crippen LogP contribution in [0.5, 0.6) is 0 Å². The van der Waals surface area contributed by atoms with Crippen LogP contribution in [-0.4, -0.2) is 18.2 Å². The van der Waals surface area contributed by atoms with Crippen LogP contribution in [0.25, 0.3) is 0 Å². The molecular formula is C13H17NO2. The molecule has 86 valence electrons. The van der Waals surface area contributed by atoms with Gasteiger partial charge in [-0.25, -0.2) is 0 Å². The number of aryl methyl sites for hydroxylation is 1. The first-order valence-corrected chi connectivity index (χ1v) is 5.50. The summed E-state index contributed by atoms with van der Waals surface area (Å²) in [6.07, 6.45) is 1.02. The molecule has 0 atom stereocenters. The normalized spacial score (nSPS) is 9.88. The van der Waals surface area contributed by atoms with Crippen molar-refractivity contribution < 1.29 is 9.59 Å². The van der Waals surface area contributed by atoms with E-state index in [9.17, 15) is 9.59 Å². The highest BCUT2D eigenvalue weighted by Crippen LogP contribution is 2.07. The molecule has 0 aromatic heterocycles. The quantitative estimate of drug-likeness (QED) is 0.765. The monoisotopic (exact) mass is 219 g/mol. The van der Waals surface area contributed by atoms with Crippen molar-refractivity contribution in [2.75, 3.05) is 6.54 Å². The maximum absolute atomic E-state index is 11.6. The second kappa shape index (κ2) is 6.05. The molecule has 0 bridgehead atoms. The third-order valence-corrected chi connectivity index (χ3v) is 2.40. The van der Waals surface area contributed by atoms with Crippen molar-refractivity contribution in [1.82, 2.24) is 5.32 Å². The molecule has 0 unspecified atom stereocenters. The lowest BCUT2D eigenvalue weighted by molar-refractivity contribution is -0.137. The van der Waals surface area contributed by atoms with E-state index in [0.29, 0.717) is 6.54 Å². The second-order valence-electron chi connectivity index (χ2n) is 3.78. The van der Waals surface area contributed by atoms with Crippen LogP contribution in [0.1, 0.15) is 24.5 Å². The molecule has 1 aromatic rings. The van der Waals surface area contributed by atoms with Gasteiger partial charge in [0.05, 0.1) is 0 Å². The molecule has 3 nitrogen and oxygen atoms in total. The van der Waals surface area contributed by atoms with Crippen LogP contribution in [0.15, 0.2) is 24.3 Å². The van der Waals surface area contributed by atoms with Crippen molar-refractivity contribution in [2.45, 2.75) is 26.7 Å². The Kier molecular flexibility index (Phi) is 4.70. The minimum absolute atomic E-state index is 0.183. The van der Waals surface area contributed by atoms with Crippen molar-refractivity contribution >= 4 is 11.7 Å². The smallest absolute Gasteiger partial charge is 0.287 e. The number of carbonyl (C=O) groups is 2. The highest BCUT2D eigenvalue weighted by atomic mass is 16.2. The highest BCUT2D eigenvalue weighted by molar-refractivity contribution is 6.36. The fourth-order valence-electron chi connectivity index (χ4n) is 1.40. The lowest BCUT2D eigenvalue weighted by Gasteiger charge is -2.05. The zero-order valence-electron chi connectivity index (χ0n) is 9.75. The summed E-state index contributed by atoms with van der Waals surface area (Å²) >= 11 is 0. The molecule has 1 N–H and O–H groups in total. The maximum atomic E-state index is 11.6. The summed E-state index contributed by atoms with van der Waals surface area (Å²) in [5.41, 5.74) is 1.96. The molecular weight excluding hydrogens is 202 g/mol. The number of rotatable bonds is 5. The molecule has 0 fully saturated rings. The summed E-state index contributed by atoms with van der Waals surface area (Å²) in [4.78, 5) is 22.9. The summed E-state index contributed by atoms with van der Waals surface area (Å²) in [5.74, 6) is -0.854. The third-order valence-electron chi connectivity index (χ3n) is 2.40. The van der Waals surface area contributed by atoms with Crippen molar-refractivity contribution in [2.24, 2.45) is 0 Å². The van der Waals surface area contributed by atoms with E-state index >= 15 is 0 Å². The largest absolute Gasteiger partial charge is 0.350 e. The van der Waals surface area contributed by atoms with Crippen molar-refractivity contribution in [3.8, 4) is 0 Å². The number of benzene rings is 1. The first-order valence-electron chi connectivity index (χ1n) is 5.50.